The molecule has 3 aliphatic rings. The summed E-state index contributed by atoms with van der Waals surface area (Å²) in [6, 6.07) is 0. The monoisotopic (exact) mass is 310 g/mol. The summed E-state index contributed by atoms with van der Waals surface area (Å²) < 4.78 is 5.55. The van der Waals surface area contributed by atoms with E-state index in [1.807, 2.05) is 19.3 Å². The fourth-order valence-electron chi connectivity index (χ4n) is 4.61. The Labute approximate surface area is 136 Å². The van der Waals surface area contributed by atoms with Gasteiger partial charge in [-0.15, -0.1) is 0 Å². The van der Waals surface area contributed by atoms with Crippen molar-refractivity contribution >= 4 is 12.0 Å². The molecule has 1 aromatic rings. The molecule has 1 saturated heterocycles. The first-order valence-electron chi connectivity index (χ1n) is 8.58. The predicted octanol–water partition coefficient (Wildman–Crippen LogP) is 3.41. The van der Waals surface area contributed by atoms with Crippen molar-refractivity contribution in [3.05, 3.63) is 42.0 Å². The summed E-state index contributed by atoms with van der Waals surface area (Å²) in [5.41, 5.74) is 2.48. The Morgan fingerprint density at radius 3 is 2.91 bits per heavy atom. The topological polar surface area (TPSA) is 52.1 Å². The van der Waals surface area contributed by atoms with E-state index in [0.717, 1.165) is 12.0 Å². The van der Waals surface area contributed by atoms with Crippen LogP contribution in [0.4, 0.5) is 0 Å². The molecule has 0 aromatic carbocycles. The Hall–Kier alpha value is -1.97. The van der Waals surface area contributed by atoms with E-state index in [9.17, 15) is 4.79 Å². The zero-order chi connectivity index (χ0) is 15.8. The van der Waals surface area contributed by atoms with Gasteiger partial charge in [0.15, 0.2) is 0 Å². The lowest BCUT2D eigenvalue weighted by molar-refractivity contribution is -0.142. The van der Waals surface area contributed by atoms with Gasteiger partial charge in [-0.1, -0.05) is 30.2 Å². The fourth-order valence-corrected chi connectivity index (χ4v) is 4.61. The zero-order valence-electron chi connectivity index (χ0n) is 13.4. The first-order valence-corrected chi connectivity index (χ1v) is 8.58. The molecular weight excluding hydrogens is 288 g/mol. The summed E-state index contributed by atoms with van der Waals surface area (Å²) in [5, 5.41) is 0. The molecule has 0 radical (unpaired) electrons. The quantitative estimate of drug-likeness (QED) is 0.620. The molecule has 0 spiro atoms. The van der Waals surface area contributed by atoms with E-state index in [0.29, 0.717) is 11.8 Å². The SMILES string of the molecule is C[C@H]1OC(=O)[C@@H]2C=C3CCCC[C@H]3[C@H](/C=C/c3cncnc3)[C@H]12. The van der Waals surface area contributed by atoms with Crippen LogP contribution in [0, 0.1) is 23.7 Å². The van der Waals surface area contributed by atoms with Crippen LogP contribution >= 0.6 is 0 Å². The number of carbonyl (C=O) groups excluding carboxylic acids is 1. The number of aromatic nitrogens is 2. The van der Waals surface area contributed by atoms with Gasteiger partial charge in [-0.3, -0.25) is 4.79 Å². The number of hydrogen-bond acceptors (Lipinski definition) is 4. The second-order valence-electron chi connectivity index (χ2n) is 6.95. The molecule has 4 rings (SSSR count). The minimum atomic E-state index is -0.0592. The van der Waals surface area contributed by atoms with Crippen molar-refractivity contribution in [2.75, 3.05) is 0 Å². The molecule has 1 aliphatic heterocycles. The highest BCUT2D eigenvalue weighted by atomic mass is 16.6. The molecule has 4 nitrogen and oxygen atoms in total. The van der Waals surface area contributed by atoms with Crippen LogP contribution in [-0.4, -0.2) is 22.0 Å². The van der Waals surface area contributed by atoms with Gasteiger partial charge in [-0.2, -0.15) is 0 Å². The maximum Gasteiger partial charge on any atom is 0.313 e. The molecule has 5 atom stereocenters. The molecule has 0 N–H and O–H groups in total. The molecule has 4 heteroatoms. The molecule has 2 heterocycles. The molecular formula is C19H22N2O2. The molecule has 0 unspecified atom stereocenters. The summed E-state index contributed by atoms with van der Waals surface area (Å²) in [7, 11) is 0. The van der Waals surface area contributed by atoms with Crippen molar-refractivity contribution in [1.82, 2.24) is 9.97 Å². The van der Waals surface area contributed by atoms with Gasteiger partial charge in [0, 0.05) is 23.9 Å². The van der Waals surface area contributed by atoms with Gasteiger partial charge >= 0.3 is 5.97 Å². The number of esters is 1. The first-order chi connectivity index (χ1) is 11.2. The van der Waals surface area contributed by atoms with Gasteiger partial charge in [-0.25, -0.2) is 9.97 Å². The predicted molar refractivity (Wildman–Crippen MR) is 87.1 cm³/mol. The van der Waals surface area contributed by atoms with Gasteiger partial charge in [-0.05, 0) is 38.0 Å². The zero-order valence-corrected chi connectivity index (χ0v) is 13.4. The van der Waals surface area contributed by atoms with Crippen molar-refractivity contribution in [3.8, 4) is 0 Å². The second kappa shape index (κ2) is 5.91. The number of rotatable bonds is 2. The van der Waals surface area contributed by atoms with E-state index < -0.39 is 0 Å². The maximum absolute atomic E-state index is 12.2. The third-order valence-corrected chi connectivity index (χ3v) is 5.63. The lowest BCUT2D eigenvalue weighted by Crippen LogP contribution is -2.37. The largest absolute Gasteiger partial charge is 0.462 e. The molecule has 1 saturated carbocycles. The Kier molecular flexibility index (Phi) is 3.76. The van der Waals surface area contributed by atoms with Crippen LogP contribution in [-0.2, 0) is 9.53 Å². The lowest BCUT2D eigenvalue weighted by atomic mass is 9.62. The Bertz CT molecular complexity index is 653. The standard InChI is InChI=1S/C19H22N2O2/c1-12-18-16(7-6-13-9-20-11-21-10-13)15-5-3-2-4-14(15)8-17(18)19(22)23-12/h6-12,15-18H,2-5H2,1H3/b7-6+/t12-,15-,16+,17-,18+/m1/s1. The van der Waals surface area contributed by atoms with E-state index >= 15 is 0 Å². The summed E-state index contributed by atoms with van der Waals surface area (Å²) in [4.78, 5) is 20.3. The molecule has 0 bridgehead atoms. The number of hydrogen-bond donors (Lipinski definition) is 0. The first kappa shape index (κ1) is 14.6. The van der Waals surface area contributed by atoms with E-state index in [2.05, 4.69) is 28.2 Å². The number of ether oxygens (including phenoxy) is 1. The smallest absolute Gasteiger partial charge is 0.313 e. The summed E-state index contributed by atoms with van der Waals surface area (Å²) in [6.07, 6.45) is 16.7. The van der Waals surface area contributed by atoms with Gasteiger partial charge in [0.25, 0.3) is 0 Å². The molecule has 0 amide bonds. The minimum Gasteiger partial charge on any atom is -0.462 e. The number of allylic oxidation sites excluding steroid dienone is 2. The molecule has 2 aliphatic carbocycles. The summed E-state index contributed by atoms with van der Waals surface area (Å²) in [6.45, 7) is 2.04. The highest BCUT2D eigenvalue weighted by Crippen LogP contribution is 2.50. The van der Waals surface area contributed by atoms with Crippen LogP contribution in [0.1, 0.15) is 38.2 Å². The Morgan fingerprint density at radius 1 is 1.26 bits per heavy atom. The average molecular weight is 310 g/mol. The van der Waals surface area contributed by atoms with Gasteiger partial charge in [0.05, 0.1) is 5.92 Å². The average Bonchev–Trinajstić information content (AvgIpc) is 2.87. The molecule has 120 valence electrons. The van der Waals surface area contributed by atoms with Gasteiger partial charge < -0.3 is 4.74 Å². The van der Waals surface area contributed by atoms with Crippen molar-refractivity contribution in [3.63, 3.8) is 0 Å². The van der Waals surface area contributed by atoms with Crippen LogP contribution < -0.4 is 0 Å². The number of carbonyl (C=O) groups is 1. The van der Waals surface area contributed by atoms with E-state index in [-0.39, 0.29) is 23.9 Å². The minimum absolute atomic E-state index is 0.00565. The van der Waals surface area contributed by atoms with Crippen molar-refractivity contribution < 1.29 is 9.53 Å². The number of nitrogens with zero attached hydrogens (tertiary/aromatic N) is 2. The molecule has 23 heavy (non-hydrogen) atoms. The number of cyclic esters (lactones) is 1. The normalized spacial score (nSPS) is 36.3. The Balaban J connectivity index is 1.68. The third kappa shape index (κ3) is 2.60. The van der Waals surface area contributed by atoms with Crippen molar-refractivity contribution in [1.29, 1.82) is 0 Å². The third-order valence-electron chi connectivity index (χ3n) is 5.63. The van der Waals surface area contributed by atoms with Gasteiger partial charge in [0.1, 0.15) is 12.4 Å². The van der Waals surface area contributed by atoms with Gasteiger partial charge in [0.2, 0.25) is 0 Å². The maximum atomic E-state index is 12.2. The van der Waals surface area contributed by atoms with E-state index in [1.54, 1.807) is 6.33 Å². The van der Waals surface area contributed by atoms with Crippen LogP contribution in [0.15, 0.2) is 36.4 Å². The molecule has 2 fully saturated rings. The van der Waals surface area contributed by atoms with Crippen molar-refractivity contribution in [2.24, 2.45) is 23.7 Å². The van der Waals surface area contributed by atoms with Crippen LogP contribution in [0.3, 0.4) is 0 Å². The summed E-state index contributed by atoms with van der Waals surface area (Å²) >= 11 is 0. The number of fused-ring (bicyclic) bond motifs is 2. The highest BCUT2D eigenvalue weighted by molar-refractivity contribution is 5.78. The van der Waals surface area contributed by atoms with Crippen LogP contribution in [0.25, 0.3) is 6.08 Å². The van der Waals surface area contributed by atoms with Crippen molar-refractivity contribution in [2.45, 2.75) is 38.7 Å². The van der Waals surface area contributed by atoms with Crippen LogP contribution in [0.5, 0.6) is 0 Å². The molecule has 1 aromatic heterocycles. The van der Waals surface area contributed by atoms with E-state index in [1.165, 1.54) is 24.8 Å². The van der Waals surface area contributed by atoms with E-state index in [4.69, 9.17) is 4.74 Å². The lowest BCUT2D eigenvalue weighted by Gasteiger charge is -2.40. The highest BCUT2D eigenvalue weighted by Gasteiger charge is 2.50. The summed E-state index contributed by atoms with van der Waals surface area (Å²) in [5.74, 6) is 1.08. The fraction of sp³-hybridized carbons (Fsp3) is 0.526. The van der Waals surface area contributed by atoms with Crippen LogP contribution in [0.2, 0.25) is 0 Å². The Morgan fingerprint density at radius 2 is 2.09 bits per heavy atom. The second-order valence-corrected chi connectivity index (χ2v) is 6.95.